The predicted molar refractivity (Wildman–Crippen MR) is 101 cm³/mol. The summed E-state index contributed by atoms with van der Waals surface area (Å²) in [5.41, 5.74) is 1.68. The van der Waals surface area contributed by atoms with E-state index in [0.717, 1.165) is 17.7 Å². The molecule has 0 N–H and O–H groups in total. The van der Waals surface area contributed by atoms with Crippen molar-refractivity contribution < 1.29 is 19.1 Å². The topological polar surface area (TPSA) is 59.1 Å². The van der Waals surface area contributed by atoms with Crippen molar-refractivity contribution in [2.24, 2.45) is 0 Å². The van der Waals surface area contributed by atoms with Crippen LogP contribution >= 0.6 is 0 Å². The molecule has 1 saturated heterocycles. The summed E-state index contributed by atoms with van der Waals surface area (Å²) in [6.07, 6.45) is 1.53. The molecule has 0 saturated carbocycles. The lowest BCUT2D eigenvalue weighted by Gasteiger charge is -2.30. The third-order valence-corrected chi connectivity index (χ3v) is 5.08. The van der Waals surface area contributed by atoms with Gasteiger partial charge in [-0.25, -0.2) is 0 Å². The van der Waals surface area contributed by atoms with Crippen LogP contribution in [0.2, 0.25) is 0 Å². The van der Waals surface area contributed by atoms with E-state index < -0.39 is 6.04 Å². The summed E-state index contributed by atoms with van der Waals surface area (Å²) in [7, 11) is 0. The maximum Gasteiger partial charge on any atom is 0.250 e. The van der Waals surface area contributed by atoms with Gasteiger partial charge in [0.1, 0.15) is 6.04 Å². The van der Waals surface area contributed by atoms with E-state index in [1.54, 1.807) is 9.80 Å². The monoisotopic (exact) mass is 366 g/mol. The first kappa shape index (κ1) is 17.4. The summed E-state index contributed by atoms with van der Waals surface area (Å²) in [5.74, 6) is 1.25. The van der Waals surface area contributed by atoms with Crippen LogP contribution in [0.5, 0.6) is 11.5 Å². The molecule has 4 rings (SSSR count). The summed E-state index contributed by atoms with van der Waals surface area (Å²) in [6.45, 7) is 2.70. The Morgan fingerprint density at radius 3 is 2.70 bits per heavy atom. The largest absolute Gasteiger partial charge is 0.454 e. The average molecular weight is 366 g/mol. The molecule has 2 aliphatic heterocycles. The highest BCUT2D eigenvalue weighted by atomic mass is 16.7. The van der Waals surface area contributed by atoms with Crippen LogP contribution in [0.1, 0.15) is 25.3 Å². The van der Waals surface area contributed by atoms with Crippen LogP contribution in [-0.2, 0) is 16.1 Å². The number of amides is 2. The Kier molecular flexibility index (Phi) is 4.71. The van der Waals surface area contributed by atoms with Crippen molar-refractivity contribution in [2.75, 3.05) is 18.2 Å². The second kappa shape index (κ2) is 7.31. The second-order valence-electron chi connectivity index (χ2n) is 6.78. The Morgan fingerprint density at radius 1 is 1.11 bits per heavy atom. The SMILES string of the molecule is CC(=O)N1CCC[C@@H]1C(=O)N(Cc1cccc2c1OCO2)c1ccccc1. The lowest BCUT2D eigenvalue weighted by atomic mass is 10.1. The van der Waals surface area contributed by atoms with Crippen molar-refractivity contribution in [3.63, 3.8) is 0 Å². The molecule has 140 valence electrons. The van der Waals surface area contributed by atoms with Gasteiger partial charge in [-0.1, -0.05) is 30.3 Å². The third-order valence-electron chi connectivity index (χ3n) is 5.08. The number of benzene rings is 2. The van der Waals surface area contributed by atoms with Crippen LogP contribution in [0.3, 0.4) is 0 Å². The molecule has 2 heterocycles. The molecule has 0 aromatic heterocycles. The van der Waals surface area contributed by atoms with Crippen LogP contribution in [0.4, 0.5) is 5.69 Å². The third kappa shape index (κ3) is 3.35. The van der Waals surface area contributed by atoms with Gasteiger partial charge < -0.3 is 19.3 Å². The maximum absolute atomic E-state index is 13.4. The lowest BCUT2D eigenvalue weighted by Crippen LogP contribution is -2.47. The Labute approximate surface area is 158 Å². The van der Waals surface area contributed by atoms with E-state index >= 15 is 0 Å². The van der Waals surface area contributed by atoms with Crippen LogP contribution in [0.15, 0.2) is 48.5 Å². The van der Waals surface area contributed by atoms with Crippen molar-refractivity contribution in [1.82, 2.24) is 4.90 Å². The smallest absolute Gasteiger partial charge is 0.250 e. The number of hydrogen-bond donors (Lipinski definition) is 0. The molecule has 0 aliphatic carbocycles. The van der Waals surface area contributed by atoms with Crippen molar-refractivity contribution >= 4 is 17.5 Å². The number of hydrogen-bond acceptors (Lipinski definition) is 4. The van der Waals surface area contributed by atoms with Crippen molar-refractivity contribution in [3.05, 3.63) is 54.1 Å². The number of likely N-dealkylation sites (tertiary alicyclic amines) is 1. The predicted octanol–water partition coefficient (Wildman–Crippen LogP) is 2.96. The first-order valence-electron chi connectivity index (χ1n) is 9.16. The van der Waals surface area contributed by atoms with Crippen LogP contribution < -0.4 is 14.4 Å². The molecule has 6 nitrogen and oxygen atoms in total. The first-order valence-corrected chi connectivity index (χ1v) is 9.16. The fraction of sp³-hybridized carbons (Fsp3) is 0.333. The van der Waals surface area contributed by atoms with Gasteiger partial charge in [0, 0.05) is 24.7 Å². The number of fused-ring (bicyclic) bond motifs is 1. The van der Waals surface area contributed by atoms with Gasteiger partial charge in [0.2, 0.25) is 18.6 Å². The number of ether oxygens (including phenoxy) is 2. The first-order chi connectivity index (χ1) is 13.1. The molecule has 2 amide bonds. The van der Waals surface area contributed by atoms with E-state index in [1.165, 1.54) is 6.92 Å². The summed E-state index contributed by atoms with van der Waals surface area (Å²) >= 11 is 0. The minimum Gasteiger partial charge on any atom is -0.454 e. The Hall–Kier alpha value is -3.02. The molecule has 2 aromatic carbocycles. The van der Waals surface area contributed by atoms with E-state index in [-0.39, 0.29) is 18.6 Å². The van der Waals surface area contributed by atoms with Crippen molar-refractivity contribution in [3.8, 4) is 11.5 Å². The van der Waals surface area contributed by atoms with Crippen LogP contribution in [0.25, 0.3) is 0 Å². The summed E-state index contributed by atoms with van der Waals surface area (Å²) < 4.78 is 11.1. The number of carbonyl (C=O) groups is 2. The fourth-order valence-corrected chi connectivity index (χ4v) is 3.77. The van der Waals surface area contributed by atoms with E-state index in [4.69, 9.17) is 9.47 Å². The van der Waals surface area contributed by atoms with Crippen LogP contribution in [0, 0.1) is 0 Å². The Morgan fingerprint density at radius 2 is 1.93 bits per heavy atom. The zero-order chi connectivity index (χ0) is 18.8. The molecule has 0 bridgehead atoms. The van der Waals surface area contributed by atoms with E-state index in [0.29, 0.717) is 31.0 Å². The van der Waals surface area contributed by atoms with Gasteiger partial charge in [0.25, 0.3) is 0 Å². The van der Waals surface area contributed by atoms with Gasteiger partial charge in [-0.3, -0.25) is 9.59 Å². The minimum atomic E-state index is -0.420. The summed E-state index contributed by atoms with van der Waals surface area (Å²) in [6, 6.07) is 14.8. The van der Waals surface area contributed by atoms with Crippen molar-refractivity contribution in [1.29, 1.82) is 0 Å². The van der Waals surface area contributed by atoms with Gasteiger partial charge in [-0.05, 0) is 31.0 Å². The maximum atomic E-state index is 13.4. The van der Waals surface area contributed by atoms with E-state index in [9.17, 15) is 9.59 Å². The van der Waals surface area contributed by atoms with Crippen LogP contribution in [-0.4, -0.2) is 36.1 Å². The lowest BCUT2D eigenvalue weighted by molar-refractivity contribution is -0.135. The molecular weight excluding hydrogens is 344 g/mol. The highest BCUT2D eigenvalue weighted by molar-refractivity contribution is 5.99. The standard InChI is InChI=1S/C21H22N2O4/c1-15(24)22-12-6-10-18(22)21(25)23(17-8-3-2-4-9-17)13-16-7-5-11-19-20(16)27-14-26-19/h2-5,7-9,11,18H,6,10,12-14H2,1H3/t18-/m1/s1. The number of carbonyl (C=O) groups excluding carboxylic acids is 2. The van der Waals surface area contributed by atoms with Gasteiger partial charge in [0.15, 0.2) is 11.5 Å². The fourth-order valence-electron chi connectivity index (χ4n) is 3.77. The quantitative estimate of drug-likeness (QED) is 0.835. The highest BCUT2D eigenvalue weighted by Gasteiger charge is 2.36. The number of para-hydroxylation sites is 2. The normalized spacial score (nSPS) is 17.8. The molecule has 0 spiro atoms. The molecular formula is C21H22N2O4. The van der Waals surface area contributed by atoms with E-state index in [2.05, 4.69) is 0 Å². The van der Waals surface area contributed by atoms with Gasteiger partial charge in [0.05, 0.1) is 6.54 Å². The molecule has 6 heteroatoms. The summed E-state index contributed by atoms with van der Waals surface area (Å²) in [4.78, 5) is 28.8. The van der Waals surface area contributed by atoms with Gasteiger partial charge >= 0.3 is 0 Å². The zero-order valence-electron chi connectivity index (χ0n) is 15.3. The molecule has 1 atom stereocenters. The van der Waals surface area contributed by atoms with E-state index in [1.807, 2.05) is 48.5 Å². The molecule has 2 aromatic rings. The van der Waals surface area contributed by atoms with Gasteiger partial charge in [-0.2, -0.15) is 0 Å². The zero-order valence-corrected chi connectivity index (χ0v) is 15.3. The Balaban J connectivity index is 1.67. The summed E-state index contributed by atoms with van der Waals surface area (Å²) in [5, 5.41) is 0. The molecule has 0 radical (unpaired) electrons. The molecule has 0 unspecified atom stereocenters. The minimum absolute atomic E-state index is 0.0591. The number of rotatable bonds is 4. The highest BCUT2D eigenvalue weighted by Crippen LogP contribution is 2.37. The number of nitrogens with zero attached hydrogens (tertiary/aromatic N) is 2. The Bertz CT molecular complexity index is 853. The molecule has 2 aliphatic rings. The van der Waals surface area contributed by atoms with Gasteiger partial charge in [-0.15, -0.1) is 0 Å². The molecule has 1 fully saturated rings. The number of anilines is 1. The van der Waals surface area contributed by atoms with Crippen molar-refractivity contribution in [2.45, 2.75) is 32.4 Å². The second-order valence-corrected chi connectivity index (χ2v) is 6.78. The average Bonchev–Trinajstić information content (AvgIpc) is 3.35. The molecule has 27 heavy (non-hydrogen) atoms.